The highest BCUT2D eigenvalue weighted by Gasteiger charge is 2.23. The molecule has 0 atom stereocenters. The molecule has 0 saturated carbocycles. The fourth-order valence-corrected chi connectivity index (χ4v) is 3.28. The predicted molar refractivity (Wildman–Crippen MR) is 108 cm³/mol. The number of nitrogens with zero attached hydrogens (tertiary/aromatic N) is 4. The number of imidazole rings is 1. The van der Waals surface area contributed by atoms with Crippen LogP contribution in [0.2, 0.25) is 0 Å². The Kier molecular flexibility index (Phi) is 4.58. The molecule has 3 heterocycles. The number of aromatic amines is 1. The minimum absolute atomic E-state index is 0.136. The summed E-state index contributed by atoms with van der Waals surface area (Å²) in [4.78, 5) is 20.5. The zero-order valence-electron chi connectivity index (χ0n) is 16.4. The molecule has 0 aliphatic heterocycles. The Balaban J connectivity index is 1.40. The smallest absolute Gasteiger partial charge is 0.255 e. The van der Waals surface area contributed by atoms with Crippen LogP contribution in [0.15, 0.2) is 42.6 Å². The van der Waals surface area contributed by atoms with Crippen molar-refractivity contribution in [2.45, 2.75) is 39.0 Å². The Bertz CT molecular complexity index is 1100. The summed E-state index contributed by atoms with van der Waals surface area (Å²) in [7, 11) is 0. The number of aryl methyl sites for hydroxylation is 1. The Hall–Kier alpha value is -3.22. The van der Waals surface area contributed by atoms with E-state index in [1.54, 1.807) is 6.07 Å². The van der Waals surface area contributed by atoms with Gasteiger partial charge in [0.15, 0.2) is 5.65 Å². The SMILES string of the molecule is CC(C)(C)c1nnc2c(C(=O)NCCCc3nc4ccccc4[nH]3)cccn12. The summed E-state index contributed by atoms with van der Waals surface area (Å²) in [6, 6.07) is 11.6. The molecule has 0 unspecified atom stereocenters. The molecule has 0 fully saturated rings. The van der Waals surface area contributed by atoms with E-state index in [1.165, 1.54) is 0 Å². The number of fused-ring (bicyclic) bond motifs is 2. The normalized spacial score (nSPS) is 12.0. The number of benzene rings is 1. The van der Waals surface area contributed by atoms with Crippen LogP contribution in [0.25, 0.3) is 16.7 Å². The van der Waals surface area contributed by atoms with E-state index in [0.717, 1.165) is 35.5 Å². The first-order valence-corrected chi connectivity index (χ1v) is 9.49. The number of carbonyl (C=O) groups is 1. The molecular formula is C21H24N6O. The number of amides is 1. The highest BCUT2D eigenvalue weighted by atomic mass is 16.1. The Morgan fingerprint density at radius 2 is 1.96 bits per heavy atom. The number of H-pyrrole nitrogens is 1. The van der Waals surface area contributed by atoms with Crippen LogP contribution < -0.4 is 5.32 Å². The molecular weight excluding hydrogens is 352 g/mol. The lowest BCUT2D eigenvalue weighted by Gasteiger charge is -2.15. The minimum Gasteiger partial charge on any atom is -0.352 e. The molecule has 144 valence electrons. The quantitative estimate of drug-likeness (QED) is 0.523. The van der Waals surface area contributed by atoms with Gasteiger partial charge in [0.2, 0.25) is 0 Å². The molecule has 7 heteroatoms. The van der Waals surface area contributed by atoms with Crippen LogP contribution in [-0.2, 0) is 11.8 Å². The van der Waals surface area contributed by atoms with Crippen LogP contribution >= 0.6 is 0 Å². The van der Waals surface area contributed by atoms with Gasteiger partial charge in [-0.1, -0.05) is 32.9 Å². The van der Waals surface area contributed by atoms with Crippen molar-refractivity contribution in [3.8, 4) is 0 Å². The van der Waals surface area contributed by atoms with Crippen molar-refractivity contribution >= 4 is 22.6 Å². The van der Waals surface area contributed by atoms with Gasteiger partial charge in [0.1, 0.15) is 11.6 Å². The van der Waals surface area contributed by atoms with E-state index in [0.29, 0.717) is 17.8 Å². The zero-order valence-corrected chi connectivity index (χ0v) is 16.4. The fraction of sp³-hybridized carbons (Fsp3) is 0.333. The maximum atomic E-state index is 12.7. The second-order valence-corrected chi connectivity index (χ2v) is 7.95. The fourth-order valence-electron chi connectivity index (χ4n) is 3.28. The predicted octanol–water partition coefficient (Wildman–Crippen LogP) is 3.27. The summed E-state index contributed by atoms with van der Waals surface area (Å²) in [6.45, 7) is 6.80. The van der Waals surface area contributed by atoms with Crippen molar-refractivity contribution in [2.75, 3.05) is 6.54 Å². The Morgan fingerprint density at radius 3 is 2.75 bits per heavy atom. The van der Waals surface area contributed by atoms with Crippen molar-refractivity contribution in [1.82, 2.24) is 29.9 Å². The van der Waals surface area contributed by atoms with Crippen molar-refractivity contribution in [3.05, 3.63) is 59.8 Å². The highest BCUT2D eigenvalue weighted by molar-refractivity contribution is 5.99. The first-order chi connectivity index (χ1) is 13.4. The summed E-state index contributed by atoms with van der Waals surface area (Å²) in [5.41, 5.74) is 2.97. The molecule has 0 saturated heterocycles. The van der Waals surface area contributed by atoms with Gasteiger partial charge in [-0.2, -0.15) is 0 Å². The molecule has 1 aromatic carbocycles. The van der Waals surface area contributed by atoms with Crippen LogP contribution in [0.3, 0.4) is 0 Å². The number of pyridine rings is 1. The van der Waals surface area contributed by atoms with E-state index in [-0.39, 0.29) is 11.3 Å². The minimum atomic E-state index is -0.152. The summed E-state index contributed by atoms with van der Waals surface area (Å²) < 4.78 is 1.89. The standard InChI is InChI=1S/C21H24N6O/c1-21(2,3)20-26-25-18-14(8-7-13-27(18)20)19(28)22-12-6-11-17-23-15-9-4-5-10-16(15)24-17/h4-5,7-10,13H,6,11-12H2,1-3H3,(H,22,28)(H,23,24). The van der Waals surface area contributed by atoms with Crippen LogP contribution in [-0.4, -0.2) is 37.0 Å². The van der Waals surface area contributed by atoms with E-state index >= 15 is 0 Å². The molecule has 0 aliphatic rings. The third kappa shape index (κ3) is 3.47. The average molecular weight is 376 g/mol. The summed E-state index contributed by atoms with van der Waals surface area (Å²) in [6.07, 6.45) is 3.47. The molecule has 1 amide bonds. The second kappa shape index (κ2) is 7.07. The lowest BCUT2D eigenvalue weighted by atomic mass is 9.96. The Morgan fingerprint density at radius 1 is 1.14 bits per heavy atom. The molecule has 3 aromatic heterocycles. The molecule has 0 aliphatic carbocycles. The molecule has 2 N–H and O–H groups in total. The van der Waals surface area contributed by atoms with Gasteiger partial charge in [-0.05, 0) is 30.7 Å². The lowest BCUT2D eigenvalue weighted by Crippen LogP contribution is -2.25. The number of aromatic nitrogens is 5. The first-order valence-electron chi connectivity index (χ1n) is 9.49. The van der Waals surface area contributed by atoms with Crippen molar-refractivity contribution < 1.29 is 4.79 Å². The summed E-state index contributed by atoms with van der Waals surface area (Å²) in [5, 5.41) is 11.5. The van der Waals surface area contributed by atoms with Crippen LogP contribution in [0.5, 0.6) is 0 Å². The second-order valence-electron chi connectivity index (χ2n) is 7.95. The van der Waals surface area contributed by atoms with Crippen molar-refractivity contribution in [2.24, 2.45) is 0 Å². The van der Waals surface area contributed by atoms with Gasteiger partial charge >= 0.3 is 0 Å². The third-order valence-electron chi connectivity index (χ3n) is 4.66. The largest absolute Gasteiger partial charge is 0.352 e. The number of nitrogens with one attached hydrogen (secondary N) is 2. The van der Waals surface area contributed by atoms with Crippen molar-refractivity contribution in [1.29, 1.82) is 0 Å². The lowest BCUT2D eigenvalue weighted by molar-refractivity contribution is 0.0954. The van der Waals surface area contributed by atoms with Gasteiger partial charge in [-0.25, -0.2) is 4.98 Å². The van der Waals surface area contributed by atoms with Crippen LogP contribution in [0.4, 0.5) is 0 Å². The average Bonchev–Trinajstić information content (AvgIpc) is 3.28. The van der Waals surface area contributed by atoms with Gasteiger partial charge in [0.25, 0.3) is 5.91 Å². The zero-order chi connectivity index (χ0) is 19.7. The van der Waals surface area contributed by atoms with Gasteiger partial charge < -0.3 is 10.3 Å². The molecule has 4 rings (SSSR count). The van der Waals surface area contributed by atoms with Gasteiger partial charge in [-0.3, -0.25) is 9.20 Å². The number of para-hydroxylation sites is 2. The number of hydrogen-bond acceptors (Lipinski definition) is 4. The van der Waals surface area contributed by atoms with E-state index in [4.69, 9.17) is 0 Å². The van der Waals surface area contributed by atoms with Gasteiger partial charge in [0, 0.05) is 24.6 Å². The van der Waals surface area contributed by atoms with Crippen LogP contribution in [0, 0.1) is 0 Å². The molecule has 0 bridgehead atoms. The van der Waals surface area contributed by atoms with Crippen LogP contribution in [0.1, 0.15) is 49.2 Å². The molecule has 4 aromatic rings. The topological polar surface area (TPSA) is 88.0 Å². The van der Waals surface area contributed by atoms with E-state index in [1.807, 2.05) is 40.9 Å². The van der Waals surface area contributed by atoms with Gasteiger partial charge in [0.05, 0.1) is 16.6 Å². The third-order valence-corrected chi connectivity index (χ3v) is 4.66. The number of rotatable bonds is 5. The summed E-state index contributed by atoms with van der Waals surface area (Å²) in [5.74, 6) is 1.63. The number of hydrogen-bond donors (Lipinski definition) is 2. The highest BCUT2D eigenvalue weighted by Crippen LogP contribution is 2.22. The van der Waals surface area contributed by atoms with E-state index in [2.05, 4.69) is 46.3 Å². The first kappa shape index (κ1) is 18.2. The Labute approximate surface area is 163 Å². The molecule has 0 radical (unpaired) electrons. The van der Waals surface area contributed by atoms with Gasteiger partial charge in [-0.15, -0.1) is 10.2 Å². The monoisotopic (exact) mass is 376 g/mol. The molecule has 7 nitrogen and oxygen atoms in total. The number of carbonyl (C=O) groups excluding carboxylic acids is 1. The van der Waals surface area contributed by atoms with E-state index in [9.17, 15) is 4.79 Å². The maximum Gasteiger partial charge on any atom is 0.255 e. The van der Waals surface area contributed by atoms with E-state index < -0.39 is 0 Å². The molecule has 28 heavy (non-hydrogen) atoms. The maximum absolute atomic E-state index is 12.7. The molecule has 0 spiro atoms. The van der Waals surface area contributed by atoms with Crippen molar-refractivity contribution in [3.63, 3.8) is 0 Å². The summed E-state index contributed by atoms with van der Waals surface area (Å²) >= 11 is 0.